The first-order valence-electron chi connectivity index (χ1n) is 11.4. The molecule has 0 fully saturated rings. The molecular weight excluding hydrogens is 306 g/mol. The molecule has 0 aliphatic heterocycles. The van der Waals surface area contributed by atoms with Gasteiger partial charge in [-0.2, -0.15) is 0 Å². The topological polar surface area (TPSA) is 41.3 Å². The molecule has 0 rings (SSSR count). The Bertz CT molecular complexity index is 233. The first-order chi connectivity index (χ1) is 12.3. The van der Waals surface area contributed by atoms with Crippen molar-refractivity contribution in [3.63, 3.8) is 0 Å². The summed E-state index contributed by atoms with van der Waals surface area (Å²) in [6.45, 7) is 12.3. The minimum atomic E-state index is 0.701. The number of hydrogen-bond acceptors (Lipinski definition) is 3. The number of nitrogens with one attached hydrogen (secondary N) is 1. The summed E-state index contributed by atoms with van der Waals surface area (Å²) >= 11 is 0. The van der Waals surface area contributed by atoms with Crippen molar-refractivity contribution < 1.29 is 0 Å². The van der Waals surface area contributed by atoms with Crippen molar-refractivity contribution in [1.29, 1.82) is 0 Å². The van der Waals surface area contributed by atoms with Gasteiger partial charge in [-0.05, 0) is 32.4 Å². The van der Waals surface area contributed by atoms with E-state index in [-0.39, 0.29) is 0 Å². The summed E-state index contributed by atoms with van der Waals surface area (Å²) in [6, 6.07) is 0.701. The van der Waals surface area contributed by atoms with Crippen molar-refractivity contribution in [3.8, 4) is 0 Å². The van der Waals surface area contributed by atoms with Crippen molar-refractivity contribution >= 4 is 0 Å². The summed E-state index contributed by atoms with van der Waals surface area (Å²) in [5.74, 6) is 0. The van der Waals surface area contributed by atoms with Gasteiger partial charge in [0.1, 0.15) is 0 Å². The highest BCUT2D eigenvalue weighted by Gasteiger charge is 2.17. The summed E-state index contributed by atoms with van der Waals surface area (Å²) < 4.78 is 0. The number of nitrogens with two attached hydrogens (primary N) is 1. The molecule has 0 bridgehead atoms. The molecule has 1 unspecified atom stereocenters. The number of unbranched alkanes of at least 4 members (excludes halogenated alkanes) is 9. The first kappa shape index (κ1) is 24.9. The molecule has 0 amide bonds. The molecule has 0 heterocycles. The van der Waals surface area contributed by atoms with Gasteiger partial charge in [0.05, 0.1) is 0 Å². The molecule has 0 saturated heterocycles. The zero-order valence-corrected chi connectivity index (χ0v) is 17.8. The van der Waals surface area contributed by atoms with Crippen molar-refractivity contribution in [3.05, 3.63) is 0 Å². The Kier molecular flexibility index (Phi) is 20.1. The molecule has 0 aromatic carbocycles. The summed E-state index contributed by atoms with van der Waals surface area (Å²) in [5, 5.41) is 3.59. The van der Waals surface area contributed by atoms with Gasteiger partial charge in [-0.25, -0.2) is 0 Å². The molecule has 1 atom stereocenters. The smallest absolute Gasteiger partial charge is 0.0220 e. The van der Waals surface area contributed by atoms with Gasteiger partial charge in [-0.3, -0.25) is 4.90 Å². The molecule has 152 valence electrons. The summed E-state index contributed by atoms with van der Waals surface area (Å²) in [7, 11) is 0. The van der Waals surface area contributed by atoms with Gasteiger partial charge in [-0.1, -0.05) is 85.0 Å². The van der Waals surface area contributed by atoms with Gasteiger partial charge in [0.25, 0.3) is 0 Å². The molecule has 0 aromatic rings. The highest BCUT2D eigenvalue weighted by atomic mass is 15.2. The lowest BCUT2D eigenvalue weighted by molar-refractivity contribution is 0.172. The van der Waals surface area contributed by atoms with E-state index in [4.69, 9.17) is 5.73 Å². The van der Waals surface area contributed by atoms with Gasteiger partial charge in [0.2, 0.25) is 0 Å². The largest absolute Gasteiger partial charge is 0.329 e. The molecule has 0 saturated carbocycles. The van der Waals surface area contributed by atoms with E-state index < -0.39 is 0 Å². The second-order valence-electron chi connectivity index (χ2n) is 7.65. The normalized spacial score (nSPS) is 12.8. The Morgan fingerprint density at radius 2 is 1.24 bits per heavy atom. The highest BCUT2D eigenvalue weighted by molar-refractivity contribution is 4.75. The lowest BCUT2D eigenvalue weighted by Gasteiger charge is -2.32. The first-order valence-corrected chi connectivity index (χ1v) is 11.4. The van der Waals surface area contributed by atoms with Crippen molar-refractivity contribution in [1.82, 2.24) is 10.2 Å². The zero-order chi connectivity index (χ0) is 18.6. The monoisotopic (exact) mass is 355 g/mol. The van der Waals surface area contributed by atoms with Crippen LogP contribution in [0.15, 0.2) is 0 Å². The van der Waals surface area contributed by atoms with E-state index in [1.165, 1.54) is 96.6 Å². The van der Waals surface area contributed by atoms with E-state index in [2.05, 4.69) is 31.0 Å². The maximum Gasteiger partial charge on any atom is 0.0220 e. The van der Waals surface area contributed by atoms with Gasteiger partial charge >= 0.3 is 0 Å². The predicted molar refractivity (Wildman–Crippen MR) is 114 cm³/mol. The lowest BCUT2D eigenvalue weighted by atomic mass is 10.0. The quantitative estimate of drug-likeness (QED) is 0.290. The Balaban J connectivity index is 4.48. The van der Waals surface area contributed by atoms with Crippen LogP contribution in [0.5, 0.6) is 0 Å². The van der Waals surface area contributed by atoms with Crippen LogP contribution in [0.2, 0.25) is 0 Å². The molecule has 3 nitrogen and oxygen atoms in total. The lowest BCUT2D eigenvalue weighted by Crippen LogP contribution is -2.44. The van der Waals surface area contributed by atoms with Crippen molar-refractivity contribution in [2.24, 2.45) is 5.73 Å². The molecule has 3 heteroatoms. The van der Waals surface area contributed by atoms with Gasteiger partial charge in [0.15, 0.2) is 0 Å². The zero-order valence-electron chi connectivity index (χ0n) is 17.8. The number of hydrogen-bond donors (Lipinski definition) is 2. The van der Waals surface area contributed by atoms with E-state index in [9.17, 15) is 0 Å². The predicted octanol–water partition coefficient (Wildman–Crippen LogP) is 5.34. The van der Waals surface area contributed by atoms with Gasteiger partial charge in [-0.15, -0.1) is 0 Å². The molecule has 3 N–H and O–H groups in total. The maximum atomic E-state index is 5.68. The third kappa shape index (κ3) is 15.8. The minimum Gasteiger partial charge on any atom is -0.329 e. The summed E-state index contributed by atoms with van der Waals surface area (Å²) in [6.07, 6.45) is 17.8. The van der Waals surface area contributed by atoms with Crippen LogP contribution in [0.1, 0.15) is 104 Å². The van der Waals surface area contributed by atoms with Crippen LogP contribution in [0.25, 0.3) is 0 Å². The van der Waals surface area contributed by atoms with E-state index in [0.29, 0.717) is 6.04 Å². The second-order valence-corrected chi connectivity index (χ2v) is 7.65. The van der Waals surface area contributed by atoms with Gasteiger partial charge in [0, 0.05) is 25.7 Å². The average Bonchev–Trinajstić information content (AvgIpc) is 2.63. The van der Waals surface area contributed by atoms with Crippen LogP contribution in [-0.4, -0.2) is 43.7 Å². The van der Waals surface area contributed by atoms with Crippen molar-refractivity contribution in [2.75, 3.05) is 32.7 Å². The second kappa shape index (κ2) is 20.2. The highest BCUT2D eigenvalue weighted by Crippen LogP contribution is 2.14. The summed E-state index contributed by atoms with van der Waals surface area (Å²) in [5.41, 5.74) is 5.68. The molecule has 0 spiro atoms. The SMILES string of the molecule is CCCCCCC(CNCCN)N(CCCCCC)CCCCCC. The molecule has 25 heavy (non-hydrogen) atoms. The van der Waals surface area contributed by atoms with E-state index in [1.54, 1.807) is 0 Å². The van der Waals surface area contributed by atoms with Gasteiger partial charge < -0.3 is 11.1 Å². The van der Waals surface area contributed by atoms with E-state index >= 15 is 0 Å². The number of nitrogens with zero attached hydrogens (tertiary/aromatic N) is 1. The molecule has 0 aromatic heterocycles. The minimum absolute atomic E-state index is 0.701. The number of rotatable bonds is 20. The fourth-order valence-corrected chi connectivity index (χ4v) is 3.55. The Morgan fingerprint density at radius 1 is 0.720 bits per heavy atom. The van der Waals surface area contributed by atoms with Crippen LogP contribution in [0, 0.1) is 0 Å². The molecule has 0 radical (unpaired) electrons. The van der Waals surface area contributed by atoms with Crippen LogP contribution in [0.4, 0.5) is 0 Å². The van der Waals surface area contributed by atoms with Crippen LogP contribution in [0.3, 0.4) is 0 Å². The molecular formula is C22H49N3. The Morgan fingerprint density at radius 3 is 1.72 bits per heavy atom. The van der Waals surface area contributed by atoms with Crippen LogP contribution < -0.4 is 11.1 Å². The van der Waals surface area contributed by atoms with Crippen molar-refractivity contribution in [2.45, 2.75) is 110 Å². The average molecular weight is 356 g/mol. The third-order valence-electron chi connectivity index (χ3n) is 5.21. The molecule has 0 aliphatic carbocycles. The Hall–Kier alpha value is -0.120. The van der Waals surface area contributed by atoms with Crippen LogP contribution >= 0.6 is 0 Å². The standard InChI is InChI=1S/C22H49N3/c1-4-7-10-13-16-22(21-24-18-17-23)25(19-14-11-8-5-2)20-15-12-9-6-3/h22,24H,4-21,23H2,1-3H3. The third-order valence-corrected chi connectivity index (χ3v) is 5.21. The fraction of sp³-hybridized carbons (Fsp3) is 1.00. The van der Waals surface area contributed by atoms with E-state index in [0.717, 1.165) is 19.6 Å². The summed E-state index contributed by atoms with van der Waals surface area (Å²) in [4.78, 5) is 2.81. The Labute approximate surface area is 159 Å². The fourth-order valence-electron chi connectivity index (χ4n) is 3.55. The van der Waals surface area contributed by atoms with E-state index in [1.807, 2.05) is 0 Å². The molecule has 0 aliphatic rings. The maximum absolute atomic E-state index is 5.68. The van der Waals surface area contributed by atoms with Crippen LogP contribution in [-0.2, 0) is 0 Å².